The molecule has 3 heterocycles. The quantitative estimate of drug-likeness (QED) is 0.306. The van der Waals surface area contributed by atoms with E-state index in [-0.39, 0.29) is 5.91 Å². The fourth-order valence-electron chi connectivity index (χ4n) is 3.50. The highest BCUT2D eigenvalue weighted by molar-refractivity contribution is 7.98. The third-order valence-corrected chi connectivity index (χ3v) is 6.14. The molecular weight excluding hydrogens is 442 g/mol. The lowest BCUT2D eigenvalue weighted by Crippen LogP contribution is -2.12. The fourth-order valence-corrected chi connectivity index (χ4v) is 4.30. The molecule has 0 aliphatic heterocycles. The van der Waals surface area contributed by atoms with Gasteiger partial charge in [0.05, 0.1) is 16.3 Å². The average Bonchev–Trinajstić information content (AvgIpc) is 3.35. The Balaban J connectivity index is 1.39. The average molecular weight is 464 g/mol. The molecular formula is C27H21N5OS. The van der Waals surface area contributed by atoms with Crippen molar-refractivity contribution in [2.75, 3.05) is 5.32 Å². The van der Waals surface area contributed by atoms with Crippen LogP contribution in [0.15, 0.2) is 115 Å². The summed E-state index contributed by atoms with van der Waals surface area (Å²) in [6, 6.07) is 27.2. The predicted octanol–water partition coefficient (Wildman–Crippen LogP) is 5.87. The van der Waals surface area contributed by atoms with Crippen LogP contribution in [-0.2, 0) is 5.75 Å². The van der Waals surface area contributed by atoms with E-state index < -0.39 is 0 Å². The minimum absolute atomic E-state index is 0.226. The fraction of sp³-hybridized carbons (Fsp3) is 0.0370. The number of amides is 1. The minimum Gasteiger partial charge on any atom is -0.322 e. The zero-order valence-corrected chi connectivity index (χ0v) is 19.0. The number of rotatable bonds is 7. The maximum absolute atomic E-state index is 13.3. The molecule has 0 fully saturated rings. The second-order valence-corrected chi connectivity index (χ2v) is 8.52. The summed E-state index contributed by atoms with van der Waals surface area (Å²) in [6.07, 6.45) is 6.96. The highest BCUT2D eigenvalue weighted by atomic mass is 32.2. The SMILES string of the molecule is O=C(Nc1cccc(CSc2ccccn2)c1)c1cn(-c2ccccc2)nc1-c1cccnc1. The molecule has 0 saturated carbocycles. The highest BCUT2D eigenvalue weighted by Gasteiger charge is 2.19. The molecule has 0 spiro atoms. The summed E-state index contributed by atoms with van der Waals surface area (Å²) < 4.78 is 1.72. The van der Waals surface area contributed by atoms with Crippen molar-refractivity contribution in [3.8, 4) is 16.9 Å². The third kappa shape index (κ3) is 5.05. The number of nitrogens with zero attached hydrogens (tertiary/aromatic N) is 4. The first-order valence-corrected chi connectivity index (χ1v) is 11.7. The van der Waals surface area contributed by atoms with Gasteiger partial charge in [0.25, 0.3) is 5.91 Å². The van der Waals surface area contributed by atoms with Gasteiger partial charge < -0.3 is 5.32 Å². The summed E-state index contributed by atoms with van der Waals surface area (Å²) in [6.45, 7) is 0. The Morgan fingerprint density at radius 2 is 1.79 bits per heavy atom. The van der Waals surface area contributed by atoms with E-state index >= 15 is 0 Å². The number of hydrogen-bond acceptors (Lipinski definition) is 5. The first-order valence-electron chi connectivity index (χ1n) is 10.8. The summed E-state index contributed by atoms with van der Waals surface area (Å²) in [5.41, 5.74) is 4.54. The number of benzene rings is 2. The molecule has 5 aromatic rings. The van der Waals surface area contributed by atoms with Crippen LogP contribution in [0.25, 0.3) is 16.9 Å². The zero-order valence-electron chi connectivity index (χ0n) is 18.2. The molecule has 1 N–H and O–H groups in total. The Hall–Kier alpha value is -4.23. The number of nitrogens with one attached hydrogen (secondary N) is 1. The van der Waals surface area contributed by atoms with Gasteiger partial charge in [-0.05, 0) is 54.1 Å². The monoisotopic (exact) mass is 463 g/mol. The Bertz CT molecular complexity index is 1390. The molecule has 166 valence electrons. The molecule has 0 unspecified atom stereocenters. The number of anilines is 1. The van der Waals surface area contributed by atoms with Gasteiger partial charge in [-0.1, -0.05) is 36.4 Å². The molecule has 0 bridgehead atoms. The van der Waals surface area contributed by atoms with Crippen LogP contribution in [0.2, 0.25) is 0 Å². The van der Waals surface area contributed by atoms with Crippen LogP contribution >= 0.6 is 11.8 Å². The van der Waals surface area contributed by atoms with Crippen LogP contribution in [0.3, 0.4) is 0 Å². The maximum Gasteiger partial charge on any atom is 0.259 e. The predicted molar refractivity (Wildman–Crippen MR) is 135 cm³/mol. The van der Waals surface area contributed by atoms with Crippen molar-refractivity contribution in [2.24, 2.45) is 0 Å². The number of aromatic nitrogens is 4. The van der Waals surface area contributed by atoms with Gasteiger partial charge in [-0.2, -0.15) is 5.10 Å². The zero-order chi connectivity index (χ0) is 23.2. The molecule has 0 saturated heterocycles. The summed E-state index contributed by atoms with van der Waals surface area (Å²) in [5.74, 6) is 0.531. The van der Waals surface area contributed by atoms with Crippen LogP contribution in [0.5, 0.6) is 0 Å². The molecule has 34 heavy (non-hydrogen) atoms. The third-order valence-electron chi connectivity index (χ3n) is 5.12. The molecule has 0 radical (unpaired) electrons. The van der Waals surface area contributed by atoms with E-state index in [9.17, 15) is 4.79 Å². The molecule has 5 rings (SSSR count). The Morgan fingerprint density at radius 1 is 0.912 bits per heavy atom. The van der Waals surface area contributed by atoms with Gasteiger partial charge in [0, 0.05) is 41.8 Å². The summed E-state index contributed by atoms with van der Waals surface area (Å²) in [7, 11) is 0. The molecule has 0 aliphatic carbocycles. The van der Waals surface area contributed by atoms with E-state index in [2.05, 4.69) is 15.3 Å². The van der Waals surface area contributed by atoms with E-state index in [1.807, 2.05) is 84.9 Å². The van der Waals surface area contributed by atoms with Crippen LogP contribution in [0.1, 0.15) is 15.9 Å². The number of para-hydroxylation sites is 1. The maximum atomic E-state index is 13.3. The van der Waals surface area contributed by atoms with Crippen molar-refractivity contribution in [1.82, 2.24) is 19.7 Å². The van der Waals surface area contributed by atoms with Crippen molar-refractivity contribution in [3.63, 3.8) is 0 Å². The van der Waals surface area contributed by atoms with Gasteiger partial charge >= 0.3 is 0 Å². The van der Waals surface area contributed by atoms with Crippen molar-refractivity contribution in [2.45, 2.75) is 10.8 Å². The number of pyridine rings is 2. The van der Waals surface area contributed by atoms with Gasteiger partial charge in [-0.3, -0.25) is 9.78 Å². The molecule has 0 atom stereocenters. The van der Waals surface area contributed by atoms with Gasteiger partial charge in [-0.25, -0.2) is 9.67 Å². The van der Waals surface area contributed by atoms with E-state index in [0.717, 1.165) is 33.3 Å². The second kappa shape index (κ2) is 10.1. The lowest BCUT2D eigenvalue weighted by Gasteiger charge is -2.08. The Kier molecular flexibility index (Phi) is 6.45. The molecule has 1 amide bonds. The van der Waals surface area contributed by atoms with E-state index in [1.54, 1.807) is 41.2 Å². The van der Waals surface area contributed by atoms with Crippen LogP contribution in [0.4, 0.5) is 5.69 Å². The first-order chi connectivity index (χ1) is 16.8. The van der Waals surface area contributed by atoms with Crippen LogP contribution < -0.4 is 5.32 Å². The van der Waals surface area contributed by atoms with Gasteiger partial charge in [-0.15, -0.1) is 11.8 Å². The summed E-state index contributed by atoms with van der Waals surface area (Å²) >= 11 is 1.65. The summed E-state index contributed by atoms with van der Waals surface area (Å²) in [5, 5.41) is 8.70. The lowest BCUT2D eigenvalue weighted by molar-refractivity contribution is 0.102. The standard InChI is InChI=1S/C27H21N5OS/c33-27(30-22-10-6-8-20(16-22)19-34-25-13-4-5-15-29-25)24-18-32(23-11-2-1-3-12-23)31-26(24)21-9-7-14-28-17-21/h1-18H,19H2,(H,30,33). The van der Waals surface area contributed by atoms with Crippen molar-refractivity contribution >= 4 is 23.4 Å². The minimum atomic E-state index is -0.226. The second-order valence-electron chi connectivity index (χ2n) is 7.52. The van der Waals surface area contributed by atoms with E-state index in [4.69, 9.17) is 5.10 Å². The molecule has 0 aliphatic rings. The van der Waals surface area contributed by atoms with Gasteiger partial charge in [0.15, 0.2) is 0 Å². The molecule has 3 aromatic heterocycles. The number of thioether (sulfide) groups is 1. The lowest BCUT2D eigenvalue weighted by atomic mass is 10.1. The van der Waals surface area contributed by atoms with Crippen molar-refractivity contribution in [1.29, 1.82) is 0 Å². The highest BCUT2D eigenvalue weighted by Crippen LogP contribution is 2.25. The normalized spacial score (nSPS) is 10.7. The van der Waals surface area contributed by atoms with E-state index in [0.29, 0.717) is 11.3 Å². The van der Waals surface area contributed by atoms with Crippen molar-refractivity contribution < 1.29 is 4.79 Å². The Labute approximate surface area is 201 Å². The van der Waals surface area contributed by atoms with Crippen molar-refractivity contribution in [3.05, 3.63) is 121 Å². The number of hydrogen-bond donors (Lipinski definition) is 1. The largest absolute Gasteiger partial charge is 0.322 e. The van der Waals surface area contributed by atoms with Gasteiger partial charge in [0.1, 0.15) is 5.69 Å². The summed E-state index contributed by atoms with van der Waals surface area (Å²) in [4.78, 5) is 21.9. The van der Waals surface area contributed by atoms with E-state index in [1.165, 1.54) is 0 Å². The first kappa shape index (κ1) is 21.6. The number of carbonyl (C=O) groups excluding carboxylic acids is 1. The van der Waals surface area contributed by atoms with Crippen LogP contribution in [0, 0.1) is 0 Å². The smallest absolute Gasteiger partial charge is 0.259 e. The van der Waals surface area contributed by atoms with Crippen LogP contribution in [-0.4, -0.2) is 25.7 Å². The molecule has 2 aromatic carbocycles. The molecule has 6 nitrogen and oxygen atoms in total. The molecule has 7 heteroatoms. The topological polar surface area (TPSA) is 72.7 Å². The Morgan fingerprint density at radius 3 is 2.59 bits per heavy atom. The van der Waals surface area contributed by atoms with Gasteiger partial charge in [0.2, 0.25) is 0 Å². The number of carbonyl (C=O) groups is 1.